The van der Waals surface area contributed by atoms with E-state index in [1.807, 2.05) is 7.05 Å². The Morgan fingerprint density at radius 1 is 1.50 bits per heavy atom. The first kappa shape index (κ1) is 14.6. The van der Waals surface area contributed by atoms with Crippen LogP contribution in [0.5, 0.6) is 0 Å². The van der Waals surface area contributed by atoms with E-state index in [0.717, 1.165) is 19.3 Å². The summed E-state index contributed by atoms with van der Waals surface area (Å²) >= 11 is 0. The Kier molecular flexibility index (Phi) is 11.1. The number of nitrogens with two attached hydrogens (primary N) is 1. The molecule has 1 radical (unpaired) electrons. The number of halogens is 1. The Bertz CT molecular complexity index is 120. The van der Waals surface area contributed by atoms with Crippen molar-refractivity contribution in [3.8, 4) is 0 Å². The van der Waals surface area contributed by atoms with Crippen LogP contribution in [-0.2, 0) is 4.79 Å². The van der Waals surface area contributed by atoms with Crippen LogP contribution in [0.2, 0.25) is 0 Å². The maximum absolute atomic E-state index is 10.9. The van der Waals surface area contributed by atoms with Crippen LogP contribution in [-0.4, -0.2) is 25.4 Å². The lowest BCUT2D eigenvalue weighted by atomic mass is 10.1. The summed E-state index contributed by atoms with van der Waals surface area (Å²) < 4.78 is 0. The van der Waals surface area contributed by atoms with Crippen LogP contribution in [0.3, 0.4) is 0 Å². The van der Waals surface area contributed by atoms with Gasteiger partial charge in [0.05, 0.1) is 6.04 Å². The van der Waals surface area contributed by atoms with Gasteiger partial charge in [-0.25, -0.2) is 0 Å². The number of rotatable bonds is 6. The van der Waals surface area contributed by atoms with Crippen molar-refractivity contribution in [2.24, 2.45) is 5.73 Å². The van der Waals surface area contributed by atoms with Gasteiger partial charge in [0.25, 0.3) is 0 Å². The summed E-state index contributed by atoms with van der Waals surface area (Å²) in [4.78, 5) is 10.9. The molecule has 73 valence electrons. The first-order chi connectivity index (χ1) is 5.22. The quantitative estimate of drug-likeness (QED) is 0.682. The highest BCUT2D eigenvalue weighted by Gasteiger charge is 2.09. The summed E-state index contributed by atoms with van der Waals surface area (Å²) in [5.74, 6) is 0.213. The number of ketones is 1. The molecule has 0 saturated carbocycles. The highest BCUT2D eigenvalue weighted by atomic mass is 79.9. The number of unbranched alkanes of at least 4 members (excludes halogenated alkanes) is 1. The molecule has 3 nitrogen and oxygen atoms in total. The minimum absolute atomic E-state index is 0. The third kappa shape index (κ3) is 6.76. The lowest BCUT2D eigenvalue weighted by Gasteiger charge is -2.11. The van der Waals surface area contributed by atoms with E-state index < -0.39 is 0 Å². The molecular formula is C8H18BrN2O. The molecule has 0 heterocycles. The van der Waals surface area contributed by atoms with Gasteiger partial charge in [0, 0.05) is 17.0 Å². The van der Waals surface area contributed by atoms with Crippen LogP contribution in [0.1, 0.15) is 26.2 Å². The summed E-state index contributed by atoms with van der Waals surface area (Å²) in [6, 6.07) is 0.0292. The molecule has 0 aromatic rings. The van der Waals surface area contributed by atoms with E-state index in [1.54, 1.807) is 6.92 Å². The predicted molar refractivity (Wildman–Crippen MR) is 55.4 cm³/mol. The minimum atomic E-state index is 0. The van der Waals surface area contributed by atoms with Crippen molar-refractivity contribution < 1.29 is 4.79 Å². The number of hydrogen-bond donors (Lipinski definition) is 2. The van der Waals surface area contributed by atoms with Crippen LogP contribution < -0.4 is 11.1 Å². The fraction of sp³-hybridized carbons (Fsp3) is 0.875. The number of likely N-dealkylation sites (N-methyl/N-ethyl adjacent to an activating group) is 1. The van der Waals surface area contributed by atoms with E-state index in [-0.39, 0.29) is 28.8 Å². The van der Waals surface area contributed by atoms with Gasteiger partial charge in [-0.1, -0.05) is 6.42 Å². The van der Waals surface area contributed by atoms with Gasteiger partial charge in [0.2, 0.25) is 0 Å². The van der Waals surface area contributed by atoms with Gasteiger partial charge in [-0.15, -0.1) is 0 Å². The minimum Gasteiger partial charge on any atom is -0.330 e. The van der Waals surface area contributed by atoms with Gasteiger partial charge < -0.3 is 11.1 Å². The average molecular weight is 238 g/mol. The summed E-state index contributed by atoms with van der Waals surface area (Å²) in [6.07, 6.45) is 2.94. The predicted octanol–water partition coefficient (Wildman–Crippen LogP) is 1.14. The first-order valence-corrected chi connectivity index (χ1v) is 4.10. The number of Topliss-reactive ketones (excluding diaryl/α,β-unsaturated/α-hetero) is 1. The second-order valence-corrected chi connectivity index (χ2v) is 2.74. The second-order valence-electron chi connectivity index (χ2n) is 2.74. The molecule has 0 rings (SSSR count). The number of nitrogens with one attached hydrogen (secondary N) is 1. The average Bonchev–Trinajstić information content (AvgIpc) is 1.97. The van der Waals surface area contributed by atoms with Gasteiger partial charge in [-0.05, 0) is 33.4 Å². The lowest BCUT2D eigenvalue weighted by molar-refractivity contribution is -0.119. The van der Waals surface area contributed by atoms with Crippen molar-refractivity contribution >= 4 is 22.8 Å². The van der Waals surface area contributed by atoms with Crippen molar-refractivity contribution in [3.63, 3.8) is 0 Å². The third-order valence-electron chi connectivity index (χ3n) is 1.79. The number of carbonyl (C=O) groups is 1. The van der Waals surface area contributed by atoms with Crippen LogP contribution in [0.4, 0.5) is 0 Å². The zero-order valence-electron chi connectivity index (χ0n) is 7.77. The highest BCUT2D eigenvalue weighted by molar-refractivity contribution is 8.93. The Balaban J connectivity index is 0. The normalized spacial score (nSPS) is 11.9. The SMILES string of the molecule is CN[C@H](CCCCN)C(C)=O.[Br]. The molecule has 0 saturated heterocycles. The third-order valence-corrected chi connectivity index (χ3v) is 1.79. The Morgan fingerprint density at radius 2 is 2.08 bits per heavy atom. The molecule has 1 atom stereocenters. The number of carbonyl (C=O) groups excluding carboxylic acids is 1. The molecule has 3 N–H and O–H groups in total. The molecule has 0 bridgehead atoms. The van der Waals surface area contributed by atoms with Gasteiger partial charge >= 0.3 is 0 Å². The maximum Gasteiger partial charge on any atom is 0.146 e. The lowest BCUT2D eigenvalue weighted by Crippen LogP contribution is -2.32. The first-order valence-electron chi connectivity index (χ1n) is 4.10. The van der Waals surface area contributed by atoms with Crippen molar-refractivity contribution in [2.75, 3.05) is 13.6 Å². The topological polar surface area (TPSA) is 55.1 Å². The van der Waals surface area contributed by atoms with E-state index in [2.05, 4.69) is 5.32 Å². The molecule has 0 aliphatic rings. The van der Waals surface area contributed by atoms with E-state index in [0.29, 0.717) is 6.54 Å². The summed E-state index contributed by atoms with van der Waals surface area (Å²) in [5, 5.41) is 2.97. The van der Waals surface area contributed by atoms with Crippen molar-refractivity contribution in [2.45, 2.75) is 32.2 Å². The standard InChI is InChI=1S/C8H18N2O.Br/c1-7(11)8(10-2)5-3-4-6-9;/h8,10H,3-6,9H2,1-2H3;/t8-;/m1./s1. The number of hydrogen-bond acceptors (Lipinski definition) is 3. The molecule has 12 heavy (non-hydrogen) atoms. The monoisotopic (exact) mass is 237 g/mol. The molecule has 0 spiro atoms. The molecule has 0 aromatic heterocycles. The molecule has 0 aromatic carbocycles. The summed E-state index contributed by atoms with van der Waals surface area (Å²) in [6.45, 7) is 2.33. The van der Waals surface area contributed by atoms with Gasteiger partial charge in [0.1, 0.15) is 5.78 Å². The fourth-order valence-electron chi connectivity index (χ4n) is 1.04. The van der Waals surface area contributed by atoms with E-state index in [4.69, 9.17) is 5.73 Å². The molecule has 0 unspecified atom stereocenters. The van der Waals surface area contributed by atoms with Gasteiger partial charge in [0.15, 0.2) is 0 Å². The Labute approximate surface area is 84.9 Å². The Hall–Kier alpha value is 0.0700. The Morgan fingerprint density at radius 3 is 2.42 bits per heavy atom. The van der Waals surface area contributed by atoms with Crippen LogP contribution in [0.25, 0.3) is 0 Å². The van der Waals surface area contributed by atoms with Gasteiger partial charge in [-0.3, -0.25) is 4.79 Å². The maximum atomic E-state index is 10.9. The van der Waals surface area contributed by atoms with E-state index in [1.165, 1.54) is 0 Å². The van der Waals surface area contributed by atoms with Crippen molar-refractivity contribution in [1.29, 1.82) is 0 Å². The zero-order chi connectivity index (χ0) is 8.69. The zero-order valence-corrected chi connectivity index (χ0v) is 9.36. The molecular weight excluding hydrogens is 220 g/mol. The highest BCUT2D eigenvalue weighted by Crippen LogP contribution is 2.00. The molecule has 0 aliphatic carbocycles. The molecule has 4 heteroatoms. The van der Waals surface area contributed by atoms with Crippen molar-refractivity contribution in [1.82, 2.24) is 5.32 Å². The molecule has 0 aliphatic heterocycles. The van der Waals surface area contributed by atoms with Gasteiger partial charge in [-0.2, -0.15) is 0 Å². The summed E-state index contributed by atoms with van der Waals surface area (Å²) in [7, 11) is 1.81. The van der Waals surface area contributed by atoms with Crippen LogP contribution in [0, 0.1) is 0 Å². The summed E-state index contributed by atoms with van der Waals surface area (Å²) in [5.41, 5.74) is 5.33. The fourth-order valence-corrected chi connectivity index (χ4v) is 1.04. The second kappa shape index (κ2) is 9.16. The van der Waals surface area contributed by atoms with Crippen LogP contribution in [0.15, 0.2) is 0 Å². The van der Waals surface area contributed by atoms with Crippen LogP contribution >= 0.6 is 17.0 Å². The molecule has 0 amide bonds. The molecule has 0 fully saturated rings. The van der Waals surface area contributed by atoms with E-state index in [9.17, 15) is 4.79 Å². The smallest absolute Gasteiger partial charge is 0.146 e. The van der Waals surface area contributed by atoms with Crippen molar-refractivity contribution in [3.05, 3.63) is 0 Å². The largest absolute Gasteiger partial charge is 0.330 e. The van der Waals surface area contributed by atoms with E-state index >= 15 is 0 Å².